The van der Waals surface area contributed by atoms with Gasteiger partial charge in [0.25, 0.3) is 11.5 Å². The van der Waals surface area contributed by atoms with Gasteiger partial charge in [-0.15, -0.1) is 0 Å². The predicted octanol–water partition coefficient (Wildman–Crippen LogP) is 0.474. The monoisotopic (exact) mass is 343 g/mol. The van der Waals surface area contributed by atoms with Crippen LogP contribution in [0, 0.1) is 12.7 Å². The Morgan fingerprint density at radius 2 is 1.96 bits per heavy atom. The van der Waals surface area contributed by atoms with E-state index in [9.17, 15) is 18.8 Å². The number of rotatable bonds is 3. The Hall–Kier alpha value is -3.49. The lowest BCUT2D eigenvalue weighted by Crippen LogP contribution is -2.44. The number of hydrogen-bond donors (Lipinski definition) is 3. The van der Waals surface area contributed by atoms with Crippen LogP contribution < -0.4 is 16.4 Å². The van der Waals surface area contributed by atoms with Crippen molar-refractivity contribution in [2.45, 2.75) is 13.3 Å². The second-order valence-electron chi connectivity index (χ2n) is 5.42. The molecule has 2 aromatic heterocycles. The molecule has 0 bridgehead atoms. The van der Waals surface area contributed by atoms with Crippen molar-refractivity contribution in [2.24, 2.45) is 0 Å². The molecule has 0 fully saturated rings. The van der Waals surface area contributed by atoms with E-state index in [1.54, 1.807) is 13.0 Å². The van der Waals surface area contributed by atoms with Gasteiger partial charge in [-0.3, -0.25) is 30.3 Å². The maximum absolute atomic E-state index is 12.8. The lowest BCUT2D eigenvalue weighted by Gasteiger charge is -2.07. The number of fused-ring (bicyclic) bond motifs is 1. The van der Waals surface area contributed by atoms with Crippen molar-refractivity contribution in [1.29, 1.82) is 0 Å². The van der Waals surface area contributed by atoms with Crippen LogP contribution >= 0.6 is 0 Å². The Balaban J connectivity index is 1.66. The molecule has 2 amide bonds. The number of aromatic nitrogens is 3. The molecule has 0 unspecified atom stereocenters. The zero-order valence-electron chi connectivity index (χ0n) is 13.2. The van der Waals surface area contributed by atoms with E-state index in [1.807, 2.05) is 0 Å². The largest absolute Gasteiger partial charge is 0.294 e. The molecule has 9 heteroatoms. The third-order valence-corrected chi connectivity index (χ3v) is 3.46. The van der Waals surface area contributed by atoms with E-state index in [1.165, 1.54) is 24.3 Å². The summed E-state index contributed by atoms with van der Waals surface area (Å²) in [6.45, 7) is 1.75. The molecule has 1 aromatic carbocycles. The highest BCUT2D eigenvalue weighted by Gasteiger charge is 2.15. The summed E-state index contributed by atoms with van der Waals surface area (Å²) in [6, 6.07) is 7.07. The zero-order chi connectivity index (χ0) is 18.0. The van der Waals surface area contributed by atoms with E-state index < -0.39 is 23.2 Å². The van der Waals surface area contributed by atoms with Gasteiger partial charge in [0.1, 0.15) is 11.4 Å². The van der Waals surface area contributed by atoms with Crippen molar-refractivity contribution in [1.82, 2.24) is 25.4 Å². The summed E-state index contributed by atoms with van der Waals surface area (Å²) in [5.41, 5.74) is 5.26. The summed E-state index contributed by atoms with van der Waals surface area (Å²) in [7, 11) is 0. The maximum Gasteiger partial charge on any atom is 0.285 e. The van der Waals surface area contributed by atoms with Crippen LogP contribution in [0.15, 0.2) is 41.3 Å². The molecule has 8 nitrogen and oxygen atoms in total. The van der Waals surface area contributed by atoms with Gasteiger partial charge in [-0.05, 0) is 24.6 Å². The van der Waals surface area contributed by atoms with Gasteiger partial charge in [-0.1, -0.05) is 12.1 Å². The van der Waals surface area contributed by atoms with E-state index in [4.69, 9.17) is 0 Å². The second-order valence-corrected chi connectivity index (χ2v) is 5.42. The molecule has 128 valence electrons. The molecule has 0 atom stereocenters. The van der Waals surface area contributed by atoms with E-state index in [2.05, 4.69) is 20.9 Å². The van der Waals surface area contributed by atoms with E-state index >= 15 is 0 Å². The Morgan fingerprint density at radius 1 is 1.24 bits per heavy atom. The third kappa shape index (κ3) is 3.55. The fourth-order valence-corrected chi connectivity index (χ4v) is 2.26. The van der Waals surface area contributed by atoms with Gasteiger partial charge >= 0.3 is 0 Å². The van der Waals surface area contributed by atoms with Crippen LogP contribution in [0.25, 0.3) is 5.65 Å². The van der Waals surface area contributed by atoms with E-state index in [0.29, 0.717) is 11.2 Å². The third-order valence-electron chi connectivity index (χ3n) is 3.46. The summed E-state index contributed by atoms with van der Waals surface area (Å²) in [4.78, 5) is 40.1. The summed E-state index contributed by atoms with van der Waals surface area (Å²) in [5, 5.41) is 2.77. The first-order valence-electron chi connectivity index (χ1n) is 7.35. The topological polar surface area (TPSA) is 108 Å². The average molecular weight is 343 g/mol. The first kappa shape index (κ1) is 16.4. The molecule has 3 rings (SSSR count). The van der Waals surface area contributed by atoms with Gasteiger partial charge in [-0.2, -0.15) is 0 Å². The van der Waals surface area contributed by atoms with Crippen LogP contribution in [-0.4, -0.2) is 26.4 Å². The molecule has 0 aliphatic rings. The highest BCUT2D eigenvalue weighted by Crippen LogP contribution is 2.03. The van der Waals surface area contributed by atoms with Crippen LogP contribution in [0.3, 0.4) is 0 Å². The number of halogens is 1. The molecule has 0 spiro atoms. The van der Waals surface area contributed by atoms with Crippen LogP contribution in [0.5, 0.6) is 0 Å². The van der Waals surface area contributed by atoms with Gasteiger partial charge < -0.3 is 0 Å². The highest BCUT2D eigenvalue weighted by atomic mass is 19.1. The smallest absolute Gasteiger partial charge is 0.285 e. The van der Waals surface area contributed by atoms with Crippen molar-refractivity contribution in [3.05, 3.63) is 69.5 Å². The maximum atomic E-state index is 12.8. The summed E-state index contributed by atoms with van der Waals surface area (Å²) >= 11 is 0. The number of H-pyrrole nitrogens is 1. The zero-order valence-corrected chi connectivity index (χ0v) is 13.2. The summed E-state index contributed by atoms with van der Waals surface area (Å²) < 4.78 is 14.0. The average Bonchev–Trinajstić information content (AvgIpc) is 2.96. The number of hydrazine groups is 1. The lowest BCUT2D eigenvalue weighted by atomic mass is 10.1. The molecule has 3 N–H and O–H groups in total. The number of hydrogen-bond acceptors (Lipinski definition) is 4. The first-order chi connectivity index (χ1) is 11.9. The van der Waals surface area contributed by atoms with Gasteiger partial charge in [0.15, 0.2) is 5.65 Å². The van der Waals surface area contributed by atoms with Crippen molar-refractivity contribution < 1.29 is 14.0 Å². The van der Waals surface area contributed by atoms with Crippen molar-refractivity contribution >= 4 is 17.5 Å². The molecule has 25 heavy (non-hydrogen) atoms. The lowest BCUT2D eigenvalue weighted by molar-refractivity contribution is -0.121. The fraction of sp³-hybridized carbons (Fsp3) is 0.125. The van der Waals surface area contributed by atoms with Crippen molar-refractivity contribution in [2.75, 3.05) is 0 Å². The van der Waals surface area contributed by atoms with Crippen LogP contribution in [0.1, 0.15) is 21.6 Å². The number of amides is 2. The Kier molecular flexibility index (Phi) is 4.29. The quantitative estimate of drug-likeness (QED) is 0.601. The standard InChI is InChI=1S/C16H14FN5O3/c1-9-6-13-18-8-12(16(25)22(13)21-9)15(24)20-19-14(23)7-10-2-4-11(17)5-3-10/h2-6,8,21H,7H2,1H3,(H,19,23)(H,20,24). The Bertz CT molecular complexity index is 1010. The van der Waals surface area contributed by atoms with Gasteiger partial charge in [0.05, 0.1) is 6.42 Å². The molecular formula is C16H14FN5O3. The number of carbonyl (C=O) groups excluding carboxylic acids is 2. The SMILES string of the molecule is Cc1cc2ncc(C(=O)NNC(=O)Cc3ccc(F)cc3)c(=O)n2[nH]1. The van der Waals surface area contributed by atoms with Crippen molar-refractivity contribution in [3.63, 3.8) is 0 Å². The number of benzene rings is 1. The number of aryl methyl sites for hydroxylation is 1. The summed E-state index contributed by atoms with van der Waals surface area (Å²) in [6.07, 6.45) is 1.10. The van der Waals surface area contributed by atoms with Gasteiger partial charge in [0.2, 0.25) is 5.91 Å². The van der Waals surface area contributed by atoms with Crippen LogP contribution in [0.2, 0.25) is 0 Å². The molecule has 3 aromatic rings. The number of nitrogens with zero attached hydrogens (tertiary/aromatic N) is 2. The number of carbonyl (C=O) groups is 2. The fourth-order valence-electron chi connectivity index (χ4n) is 2.26. The Labute approximate surface area is 140 Å². The first-order valence-corrected chi connectivity index (χ1v) is 7.35. The molecule has 0 saturated heterocycles. The summed E-state index contributed by atoms with van der Waals surface area (Å²) in [5.74, 6) is -1.70. The molecule has 0 radical (unpaired) electrons. The van der Waals surface area contributed by atoms with Gasteiger partial charge in [-0.25, -0.2) is 13.9 Å². The second kappa shape index (κ2) is 6.56. The normalized spacial score (nSPS) is 10.6. The molecule has 2 heterocycles. The van der Waals surface area contributed by atoms with Crippen molar-refractivity contribution in [3.8, 4) is 0 Å². The molecule has 0 aliphatic heterocycles. The van der Waals surface area contributed by atoms with Gasteiger partial charge in [0, 0.05) is 18.0 Å². The molecule has 0 saturated carbocycles. The highest BCUT2D eigenvalue weighted by molar-refractivity contribution is 5.95. The minimum Gasteiger partial charge on any atom is -0.294 e. The van der Waals surface area contributed by atoms with E-state index in [-0.39, 0.29) is 12.0 Å². The number of aromatic amines is 1. The molecule has 0 aliphatic carbocycles. The van der Waals surface area contributed by atoms with E-state index in [0.717, 1.165) is 16.4 Å². The van der Waals surface area contributed by atoms with Crippen LogP contribution in [0.4, 0.5) is 4.39 Å². The number of nitrogens with one attached hydrogen (secondary N) is 3. The predicted molar refractivity (Wildman–Crippen MR) is 86.3 cm³/mol. The minimum absolute atomic E-state index is 0.0490. The van der Waals surface area contributed by atoms with Crippen LogP contribution in [-0.2, 0) is 11.2 Å². The minimum atomic E-state index is -0.786. The Morgan fingerprint density at radius 3 is 2.68 bits per heavy atom. The molecular weight excluding hydrogens is 329 g/mol.